The predicted octanol–water partition coefficient (Wildman–Crippen LogP) is 10.6. The van der Waals surface area contributed by atoms with Gasteiger partial charge in [-0.2, -0.15) is 5.26 Å². The molecule has 0 radical (unpaired) electrons. The SMILES string of the molecule is [C-]#[N+]c1cc(C#N)cc(C2(c3ccc4c(c3)C(C)(C)c3ccccc3N4c3ccccc3)c3ccccc3-c3ccccc32)c1. The fourth-order valence-electron chi connectivity index (χ4n) is 7.77. The number of hydrogen-bond donors (Lipinski definition) is 0. The fraction of sp³-hybridized carbons (Fsp3) is 0.0952. The van der Waals surface area contributed by atoms with Gasteiger partial charge in [0.05, 0.1) is 29.4 Å². The molecule has 0 fully saturated rings. The summed E-state index contributed by atoms with van der Waals surface area (Å²) in [7, 11) is 0. The van der Waals surface area contributed by atoms with Crippen LogP contribution in [0, 0.1) is 17.9 Å². The molecule has 0 amide bonds. The standard InChI is InChI=1S/C42H29N3/c1-41(2)37-19-11-12-20-39(37)45(32-13-5-4-6-14-32)40-22-21-29(26-38(40)41)42(30-23-28(27-43)24-31(25-30)44-3)35-17-9-7-15-33(35)34-16-8-10-18-36(34)42/h4-26H,1-2H3. The Morgan fingerprint density at radius 3 is 1.87 bits per heavy atom. The van der Waals surface area contributed by atoms with Gasteiger partial charge in [0.1, 0.15) is 0 Å². The van der Waals surface area contributed by atoms with Crippen molar-refractivity contribution in [3.63, 3.8) is 0 Å². The van der Waals surface area contributed by atoms with E-state index < -0.39 is 5.41 Å². The van der Waals surface area contributed by atoms with Gasteiger partial charge in [-0.1, -0.05) is 117 Å². The van der Waals surface area contributed by atoms with Crippen molar-refractivity contribution >= 4 is 22.7 Å². The van der Waals surface area contributed by atoms with Crippen LogP contribution in [0.5, 0.6) is 0 Å². The summed E-state index contributed by atoms with van der Waals surface area (Å²) in [4.78, 5) is 6.17. The van der Waals surface area contributed by atoms with Crippen molar-refractivity contribution in [2.75, 3.05) is 4.90 Å². The molecule has 0 spiro atoms. The van der Waals surface area contributed by atoms with Gasteiger partial charge in [-0.05, 0) is 80.9 Å². The summed E-state index contributed by atoms with van der Waals surface area (Å²) in [6.07, 6.45) is 0. The maximum Gasteiger partial charge on any atom is 0.188 e. The molecule has 3 nitrogen and oxygen atoms in total. The highest BCUT2D eigenvalue weighted by Crippen LogP contribution is 2.59. The average molecular weight is 576 g/mol. The Kier molecular flexibility index (Phi) is 5.82. The van der Waals surface area contributed by atoms with Crippen molar-refractivity contribution in [2.24, 2.45) is 0 Å². The van der Waals surface area contributed by atoms with Gasteiger partial charge in [0.15, 0.2) is 5.69 Å². The lowest BCUT2D eigenvalue weighted by Crippen LogP contribution is -2.33. The Morgan fingerprint density at radius 2 is 1.20 bits per heavy atom. The Bertz CT molecular complexity index is 2150. The van der Waals surface area contributed by atoms with Crippen LogP contribution in [-0.2, 0) is 10.8 Å². The Morgan fingerprint density at radius 1 is 0.600 bits per heavy atom. The molecular formula is C42H29N3. The molecule has 0 unspecified atom stereocenters. The quantitative estimate of drug-likeness (QED) is 0.196. The first-order chi connectivity index (χ1) is 22.0. The van der Waals surface area contributed by atoms with Crippen molar-refractivity contribution in [3.8, 4) is 17.2 Å². The highest BCUT2D eigenvalue weighted by molar-refractivity contribution is 5.89. The molecule has 3 heteroatoms. The summed E-state index contributed by atoms with van der Waals surface area (Å²) >= 11 is 0. The van der Waals surface area contributed by atoms with E-state index in [1.807, 2.05) is 12.1 Å². The molecule has 0 saturated heterocycles. The molecule has 1 heterocycles. The fourth-order valence-corrected chi connectivity index (χ4v) is 7.77. The summed E-state index contributed by atoms with van der Waals surface area (Å²) in [6.45, 7) is 12.5. The molecule has 1 aliphatic carbocycles. The normalized spacial score (nSPS) is 14.7. The summed E-state index contributed by atoms with van der Waals surface area (Å²) < 4.78 is 0. The number of nitrogens with zero attached hydrogens (tertiary/aromatic N) is 3. The second kappa shape index (κ2) is 9.81. The molecular weight excluding hydrogens is 546 g/mol. The second-order valence-electron chi connectivity index (χ2n) is 12.4. The third-order valence-corrected chi connectivity index (χ3v) is 9.74. The first-order valence-electron chi connectivity index (χ1n) is 15.2. The van der Waals surface area contributed by atoms with Crippen molar-refractivity contribution in [2.45, 2.75) is 24.7 Å². The van der Waals surface area contributed by atoms with E-state index in [-0.39, 0.29) is 5.41 Å². The molecule has 2 aliphatic rings. The minimum atomic E-state index is -0.723. The van der Waals surface area contributed by atoms with E-state index in [0.29, 0.717) is 11.3 Å². The number of nitriles is 1. The lowest BCUT2D eigenvalue weighted by atomic mass is 9.65. The van der Waals surface area contributed by atoms with Crippen LogP contribution in [0.2, 0.25) is 0 Å². The summed E-state index contributed by atoms with van der Waals surface area (Å²) in [6, 6.07) is 51.3. The van der Waals surface area contributed by atoms with E-state index in [1.54, 1.807) is 6.07 Å². The lowest BCUT2D eigenvalue weighted by Gasteiger charge is -2.43. The maximum absolute atomic E-state index is 10.1. The predicted molar refractivity (Wildman–Crippen MR) is 182 cm³/mol. The van der Waals surface area contributed by atoms with Crippen LogP contribution < -0.4 is 4.90 Å². The van der Waals surface area contributed by atoms with Crippen molar-refractivity contribution in [1.29, 1.82) is 5.26 Å². The van der Waals surface area contributed by atoms with Crippen LogP contribution in [0.25, 0.3) is 16.0 Å². The number of rotatable bonds is 3. The van der Waals surface area contributed by atoms with Gasteiger partial charge in [0, 0.05) is 16.7 Å². The number of anilines is 3. The molecule has 0 saturated carbocycles. The molecule has 0 bridgehead atoms. The van der Waals surface area contributed by atoms with Crippen molar-refractivity contribution in [3.05, 3.63) is 190 Å². The number of fused-ring (bicyclic) bond motifs is 5. The van der Waals surface area contributed by atoms with E-state index in [9.17, 15) is 5.26 Å². The van der Waals surface area contributed by atoms with Gasteiger partial charge in [0.2, 0.25) is 0 Å². The van der Waals surface area contributed by atoms with E-state index >= 15 is 0 Å². The summed E-state index contributed by atoms with van der Waals surface area (Å²) in [5.74, 6) is 0. The van der Waals surface area contributed by atoms with Crippen molar-refractivity contribution < 1.29 is 0 Å². The van der Waals surface area contributed by atoms with Crippen molar-refractivity contribution in [1.82, 2.24) is 0 Å². The molecule has 1 aliphatic heterocycles. The smallest absolute Gasteiger partial charge is 0.188 e. The Hall–Kier alpha value is -5.90. The molecule has 0 atom stereocenters. The summed E-state index contributed by atoms with van der Waals surface area (Å²) in [5, 5.41) is 10.1. The Labute approximate surface area is 264 Å². The lowest BCUT2D eigenvalue weighted by molar-refractivity contribution is 0.627. The van der Waals surface area contributed by atoms with Crippen LogP contribution in [0.15, 0.2) is 140 Å². The molecule has 0 aromatic heterocycles. The van der Waals surface area contributed by atoms with Crippen LogP contribution in [0.3, 0.4) is 0 Å². The van der Waals surface area contributed by atoms with E-state index in [1.165, 1.54) is 27.9 Å². The maximum atomic E-state index is 10.1. The van der Waals surface area contributed by atoms with Gasteiger partial charge in [-0.3, -0.25) is 0 Å². The minimum absolute atomic E-state index is 0.289. The number of para-hydroxylation sites is 2. The second-order valence-corrected chi connectivity index (χ2v) is 12.4. The Balaban J connectivity index is 1.49. The first kappa shape index (κ1) is 26.7. The largest absolute Gasteiger partial charge is 0.310 e. The van der Waals surface area contributed by atoms with Gasteiger partial charge in [-0.25, -0.2) is 4.85 Å². The molecule has 0 N–H and O–H groups in total. The molecule has 212 valence electrons. The van der Waals surface area contributed by atoms with Crippen LogP contribution in [-0.4, -0.2) is 0 Å². The number of hydrogen-bond acceptors (Lipinski definition) is 2. The van der Waals surface area contributed by atoms with Gasteiger partial charge < -0.3 is 4.90 Å². The van der Waals surface area contributed by atoms with Gasteiger partial charge in [-0.15, -0.1) is 0 Å². The zero-order valence-electron chi connectivity index (χ0n) is 25.1. The molecule has 6 aromatic rings. The van der Waals surface area contributed by atoms with Gasteiger partial charge in [0.25, 0.3) is 0 Å². The zero-order valence-corrected chi connectivity index (χ0v) is 25.1. The molecule has 6 aromatic carbocycles. The zero-order chi connectivity index (χ0) is 30.8. The monoisotopic (exact) mass is 575 g/mol. The van der Waals surface area contributed by atoms with Gasteiger partial charge >= 0.3 is 0 Å². The third kappa shape index (κ3) is 3.68. The average Bonchev–Trinajstić information content (AvgIpc) is 3.40. The first-order valence-corrected chi connectivity index (χ1v) is 15.2. The highest BCUT2D eigenvalue weighted by atomic mass is 15.2. The van der Waals surface area contributed by atoms with E-state index in [4.69, 9.17) is 6.57 Å². The minimum Gasteiger partial charge on any atom is -0.310 e. The third-order valence-electron chi connectivity index (χ3n) is 9.74. The highest BCUT2D eigenvalue weighted by Gasteiger charge is 2.47. The van der Waals surface area contributed by atoms with E-state index in [0.717, 1.165) is 33.6 Å². The topological polar surface area (TPSA) is 31.4 Å². The summed E-state index contributed by atoms with van der Waals surface area (Å²) in [5.41, 5.74) is 12.6. The van der Waals surface area contributed by atoms with E-state index in [2.05, 4.69) is 151 Å². The molecule has 45 heavy (non-hydrogen) atoms. The van der Waals surface area contributed by atoms with Crippen LogP contribution in [0.1, 0.15) is 52.8 Å². The van der Waals surface area contributed by atoms with Crippen LogP contribution in [0.4, 0.5) is 22.7 Å². The number of benzene rings is 6. The molecule has 8 rings (SSSR count). The van der Waals surface area contributed by atoms with Crippen LogP contribution >= 0.6 is 0 Å².